The minimum absolute atomic E-state index is 0.0813. The van der Waals surface area contributed by atoms with Gasteiger partial charge in [-0.15, -0.1) is 0 Å². The van der Waals surface area contributed by atoms with Crippen molar-refractivity contribution in [2.75, 3.05) is 39.4 Å². The number of hydrogen-bond donors (Lipinski definition) is 1. The molecule has 1 aliphatic rings. The number of hydrogen-bond acceptors (Lipinski definition) is 5. The Morgan fingerprint density at radius 1 is 1.21 bits per heavy atom. The molecule has 148 valence electrons. The normalized spacial score (nSPS) is 15.4. The lowest BCUT2D eigenvalue weighted by molar-refractivity contribution is -0.121. The highest BCUT2D eigenvalue weighted by atomic mass is 16.5. The van der Waals surface area contributed by atoms with Crippen molar-refractivity contribution in [1.82, 2.24) is 24.8 Å². The van der Waals surface area contributed by atoms with Gasteiger partial charge in [0.25, 0.3) is 0 Å². The molecule has 0 aliphatic carbocycles. The van der Waals surface area contributed by atoms with E-state index >= 15 is 0 Å². The number of carbonyl (C=O) groups excluding carboxylic acids is 1. The summed E-state index contributed by atoms with van der Waals surface area (Å²) in [5.41, 5.74) is 4.94. The Morgan fingerprint density at radius 2 is 2.00 bits per heavy atom. The van der Waals surface area contributed by atoms with Gasteiger partial charge in [-0.3, -0.25) is 9.69 Å². The summed E-state index contributed by atoms with van der Waals surface area (Å²) in [4.78, 5) is 19.4. The van der Waals surface area contributed by atoms with Crippen molar-refractivity contribution in [1.29, 1.82) is 0 Å². The van der Waals surface area contributed by atoms with Crippen molar-refractivity contribution in [3.63, 3.8) is 0 Å². The molecule has 1 fully saturated rings. The molecule has 0 atom stereocenters. The fraction of sp³-hybridized carbons (Fsp3) is 0.476. The Kier molecular flexibility index (Phi) is 5.54. The number of nitrogens with one attached hydrogen (secondary N) is 1. The molecule has 4 rings (SSSR count). The highest BCUT2D eigenvalue weighted by Crippen LogP contribution is 2.22. The smallest absolute Gasteiger partial charge is 0.220 e. The van der Waals surface area contributed by atoms with Gasteiger partial charge in [0.2, 0.25) is 5.91 Å². The lowest BCUT2D eigenvalue weighted by Gasteiger charge is -2.26. The molecular formula is C21H27N5O2. The summed E-state index contributed by atoms with van der Waals surface area (Å²) in [6.07, 6.45) is 1.12. The maximum atomic E-state index is 12.3. The zero-order valence-corrected chi connectivity index (χ0v) is 16.6. The molecule has 0 bridgehead atoms. The molecule has 0 unspecified atom stereocenters. The molecule has 7 heteroatoms. The molecular weight excluding hydrogens is 354 g/mol. The van der Waals surface area contributed by atoms with Crippen LogP contribution in [-0.4, -0.2) is 64.8 Å². The molecule has 0 saturated carbocycles. The van der Waals surface area contributed by atoms with Gasteiger partial charge < -0.3 is 10.1 Å². The number of carbonyl (C=O) groups is 1. The van der Waals surface area contributed by atoms with Crippen molar-refractivity contribution < 1.29 is 9.53 Å². The number of aryl methyl sites for hydroxylation is 2. The second-order valence-corrected chi connectivity index (χ2v) is 7.32. The lowest BCUT2D eigenvalue weighted by atomic mass is 10.1. The van der Waals surface area contributed by atoms with Crippen LogP contribution in [0.2, 0.25) is 0 Å². The van der Waals surface area contributed by atoms with Gasteiger partial charge in [0.1, 0.15) is 0 Å². The zero-order chi connectivity index (χ0) is 19.5. The summed E-state index contributed by atoms with van der Waals surface area (Å²) in [5.74, 6) is 0.0813. The van der Waals surface area contributed by atoms with Crippen LogP contribution in [0.5, 0.6) is 0 Å². The first kappa shape index (κ1) is 18.8. The highest BCUT2D eigenvalue weighted by Gasteiger charge is 2.15. The van der Waals surface area contributed by atoms with Crippen LogP contribution in [0.25, 0.3) is 16.6 Å². The highest BCUT2D eigenvalue weighted by molar-refractivity contribution is 5.92. The van der Waals surface area contributed by atoms with E-state index in [1.807, 2.05) is 35.7 Å². The molecule has 1 saturated heterocycles. The van der Waals surface area contributed by atoms with Gasteiger partial charge in [-0.25, -0.2) is 9.50 Å². The van der Waals surface area contributed by atoms with Crippen LogP contribution in [0.4, 0.5) is 0 Å². The fourth-order valence-electron chi connectivity index (χ4n) is 3.84. The number of benzene rings is 1. The number of fused-ring (bicyclic) bond motifs is 3. The number of morpholine rings is 1. The monoisotopic (exact) mass is 381 g/mol. The van der Waals surface area contributed by atoms with E-state index in [0.717, 1.165) is 66.3 Å². The maximum Gasteiger partial charge on any atom is 0.220 e. The summed E-state index contributed by atoms with van der Waals surface area (Å²) in [7, 11) is 0. The van der Waals surface area contributed by atoms with E-state index in [-0.39, 0.29) is 5.91 Å². The molecule has 2 aromatic heterocycles. The Balaban J connectivity index is 1.40. The molecule has 0 radical (unpaired) electrons. The van der Waals surface area contributed by atoms with E-state index in [2.05, 4.69) is 22.2 Å². The van der Waals surface area contributed by atoms with Crippen LogP contribution in [0.3, 0.4) is 0 Å². The average Bonchev–Trinajstić information content (AvgIpc) is 3.07. The number of ether oxygens (including phenoxy) is 1. The third-order valence-electron chi connectivity index (χ3n) is 5.47. The Labute approximate surface area is 164 Å². The SMILES string of the molecule is Cc1nc2c3ccccc3nn2c(C)c1CCC(=O)NCCN1CCOCC1. The molecule has 0 spiro atoms. The number of aromatic nitrogens is 3. The van der Waals surface area contributed by atoms with Gasteiger partial charge in [-0.2, -0.15) is 5.10 Å². The summed E-state index contributed by atoms with van der Waals surface area (Å²) in [6, 6.07) is 8.04. The third kappa shape index (κ3) is 3.86. The minimum Gasteiger partial charge on any atom is -0.379 e. The zero-order valence-electron chi connectivity index (χ0n) is 16.6. The number of amides is 1. The van der Waals surface area contributed by atoms with Gasteiger partial charge >= 0.3 is 0 Å². The van der Waals surface area contributed by atoms with Crippen molar-refractivity contribution in [3.05, 3.63) is 41.2 Å². The molecule has 3 heterocycles. The molecule has 1 aromatic carbocycles. The molecule has 7 nitrogen and oxygen atoms in total. The third-order valence-corrected chi connectivity index (χ3v) is 5.47. The van der Waals surface area contributed by atoms with Crippen LogP contribution in [0.15, 0.2) is 24.3 Å². The number of rotatable bonds is 6. The van der Waals surface area contributed by atoms with Crippen LogP contribution in [0, 0.1) is 13.8 Å². The van der Waals surface area contributed by atoms with Crippen molar-refractivity contribution >= 4 is 22.5 Å². The minimum atomic E-state index is 0.0813. The van der Waals surface area contributed by atoms with Gasteiger partial charge in [0.05, 0.1) is 18.7 Å². The summed E-state index contributed by atoms with van der Waals surface area (Å²) in [6.45, 7) is 9.07. The van der Waals surface area contributed by atoms with Crippen LogP contribution >= 0.6 is 0 Å². The largest absolute Gasteiger partial charge is 0.379 e. The molecule has 28 heavy (non-hydrogen) atoms. The molecule has 3 aromatic rings. The quantitative estimate of drug-likeness (QED) is 0.706. The van der Waals surface area contributed by atoms with E-state index < -0.39 is 0 Å². The van der Waals surface area contributed by atoms with E-state index in [0.29, 0.717) is 19.4 Å². The Morgan fingerprint density at radius 3 is 2.82 bits per heavy atom. The summed E-state index contributed by atoms with van der Waals surface area (Å²) < 4.78 is 7.25. The van der Waals surface area contributed by atoms with Crippen LogP contribution < -0.4 is 5.32 Å². The first-order valence-corrected chi connectivity index (χ1v) is 9.94. The van der Waals surface area contributed by atoms with Gasteiger partial charge in [0, 0.05) is 49.4 Å². The van der Waals surface area contributed by atoms with E-state index in [1.54, 1.807) is 0 Å². The molecule has 1 N–H and O–H groups in total. The maximum absolute atomic E-state index is 12.3. The van der Waals surface area contributed by atoms with Gasteiger partial charge in [0.15, 0.2) is 5.65 Å². The first-order valence-electron chi connectivity index (χ1n) is 9.94. The van der Waals surface area contributed by atoms with Gasteiger partial charge in [-0.05, 0) is 38.0 Å². The lowest BCUT2D eigenvalue weighted by Crippen LogP contribution is -2.41. The second kappa shape index (κ2) is 8.24. The molecule has 1 amide bonds. The van der Waals surface area contributed by atoms with Crippen LogP contribution in [0.1, 0.15) is 23.4 Å². The van der Waals surface area contributed by atoms with Crippen LogP contribution in [-0.2, 0) is 16.0 Å². The second-order valence-electron chi connectivity index (χ2n) is 7.32. The fourth-order valence-corrected chi connectivity index (χ4v) is 3.84. The Hall–Kier alpha value is -2.51. The Bertz CT molecular complexity index is 991. The summed E-state index contributed by atoms with van der Waals surface area (Å²) in [5, 5.41) is 8.77. The predicted octanol–water partition coefficient (Wildman–Crippen LogP) is 1.88. The van der Waals surface area contributed by atoms with E-state index in [1.165, 1.54) is 0 Å². The molecule has 1 aliphatic heterocycles. The average molecular weight is 381 g/mol. The van der Waals surface area contributed by atoms with Crippen molar-refractivity contribution in [2.24, 2.45) is 0 Å². The predicted molar refractivity (Wildman–Crippen MR) is 109 cm³/mol. The van der Waals surface area contributed by atoms with Gasteiger partial charge in [-0.1, -0.05) is 12.1 Å². The topological polar surface area (TPSA) is 71.8 Å². The van der Waals surface area contributed by atoms with Crippen molar-refractivity contribution in [2.45, 2.75) is 26.7 Å². The van der Waals surface area contributed by atoms with E-state index in [4.69, 9.17) is 9.72 Å². The number of nitrogens with zero attached hydrogens (tertiary/aromatic N) is 4. The van der Waals surface area contributed by atoms with E-state index in [9.17, 15) is 4.79 Å². The standard InChI is InChI=1S/C21H27N5O2/c1-15-17(7-8-20(27)22-9-10-25-11-13-28-14-12-25)16(2)26-21(23-15)18-5-3-4-6-19(18)24-26/h3-6H,7-14H2,1-2H3,(H,22,27). The summed E-state index contributed by atoms with van der Waals surface area (Å²) >= 11 is 0. The van der Waals surface area contributed by atoms with Crippen molar-refractivity contribution in [3.8, 4) is 0 Å². The first-order chi connectivity index (χ1) is 13.6.